The Morgan fingerprint density at radius 2 is 2.08 bits per heavy atom. The maximum atomic E-state index is 12.5. The molecule has 5 heteroatoms. The summed E-state index contributed by atoms with van der Waals surface area (Å²) in [5.74, 6) is 1.18. The molecule has 0 aliphatic carbocycles. The average molecular weight is 340 g/mol. The molecule has 5 nitrogen and oxygen atoms in total. The summed E-state index contributed by atoms with van der Waals surface area (Å²) in [6.45, 7) is 1.57. The molecule has 1 fully saturated rings. The van der Waals surface area contributed by atoms with E-state index in [-0.39, 0.29) is 12.1 Å². The van der Waals surface area contributed by atoms with Crippen molar-refractivity contribution in [1.82, 2.24) is 5.32 Å². The first-order valence-corrected chi connectivity index (χ1v) is 8.59. The Kier molecular flexibility index (Phi) is 5.90. The molecule has 132 valence electrons. The van der Waals surface area contributed by atoms with Gasteiger partial charge >= 0.3 is 6.03 Å². The van der Waals surface area contributed by atoms with Crippen molar-refractivity contribution in [3.8, 4) is 5.75 Å². The Morgan fingerprint density at radius 1 is 1.24 bits per heavy atom. The van der Waals surface area contributed by atoms with Crippen LogP contribution in [0.5, 0.6) is 5.75 Å². The van der Waals surface area contributed by atoms with E-state index in [9.17, 15) is 4.79 Å². The Balaban J connectivity index is 1.66. The largest absolute Gasteiger partial charge is 0.497 e. The number of hydrogen-bond donors (Lipinski definition) is 2. The monoisotopic (exact) mass is 340 g/mol. The summed E-state index contributed by atoms with van der Waals surface area (Å²) in [6.07, 6.45) is 1.91. The number of nitrogens with one attached hydrogen (secondary N) is 2. The van der Waals surface area contributed by atoms with Gasteiger partial charge in [-0.25, -0.2) is 4.79 Å². The number of anilines is 1. The van der Waals surface area contributed by atoms with Gasteiger partial charge in [0.2, 0.25) is 0 Å². The van der Waals surface area contributed by atoms with Crippen LogP contribution in [0, 0.1) is 5.92 Å². The van der Waals surface area contributed by atoms with E-state index in [1.54, 1.807) is 13.2 Å². The van der Waals surface area contributed by atoms with E-state index in [4.69, 9.17) is 9.47 Å². The summed E-state index contributed by atoms with van der Waals surface area (Å²) < 4.78 is 10.7. The van der Waals surface area contributed by atoms with Gasteiger partial charge in [-0.2, -0.15) is 0 Å². The van der Waals surface area contributed by atoms with E-state index in [1.807, 2.05) is 48.5 Å². The zero-order chi connectivity index (χ0) is 17.5. The van der Waals surface area contributed by atoms with Gasteiger partial charge in [0.25, 0.3) is 0 Å². The van der Waals surface area contributed by atoms with Gasteiger partial charge in [0.1, 0.15) is 5.75 Å². The van der Waals surface area contributed by atoms with Crippen LogP contribution >= 0.6 is 0 Å². The third-order valence-electron chi connectivity index (χ3n) is 4.43. The van der Waals surface area contributed by atoms with Gasteiger partial charge in [-0.15, -0.1) is 0 Å². The molecule has 2 atom stereocenters. The molecule has 2 aromatic rings. The van der Waals surface area contributed by atoms with Crippen molar-refractivity contribution in [2.24, 2.45) is 5.92 Å². The van der Waals surface area contributed by atoms with Gasteiger partial charge in [-0.3, -0.25) is 0 Å². The maximum Gasteiger partial charge on any atom is 0.319 e. The van der Waals surface area contributed by atoms with Crippen LogP contribution < -0.4 is 15.4 Å². The molecule has 2 unspecified atom stereocenters. The van der Waals surface area contributed by atoms with Gasteiger partial charge in [0, 0.05) is 25.0 Å². The first-order valence-electron chi connectivity index (χ1n) is 8.59. The number of methoxy groups -OCH3 is 1. The highest BCUT2D eigenvalue weighted by Gasteiger charge is 2.23. The van der Waals surface area contributed by atoms with E-state index >= 15 is 0 Å². The Hall–Kier alpha value is -2.53. The summed E-state index contributed by atoms with van der Waals surface area (Å²) in [6, 6.07) is 17.1. The predicted molar refractivity (Wildman–Crippen MR) is 97.9 cm³/mol. The van der Waals surface area contributed by atoms with Crippen LogP contribution in [0.25, 0.3) is 0 Å². The molecule has 1 aliphatic heterocycles. The first kappa shape index (κ1) is 17.3. The second-order valence-electron chi connectivity index (χ2n) is 6.26. The van der Waals surface area contributed by atoms with E-state index in [1.165, 1.54) is 0 Å². The van der Waals surface area contributed by atoms with Crippen LogP contribution in [-0.2, 0) is 4.74 Å². The fourth-order valence-electron chi connectivity index (χ4n) is 3.09. The van der Waals surface area contributed by atoms with E-state index < -0.39 is 0 Å². The van der Waals surface area contributed by atoms with Crippen molar-refractivity contribution in [1.29, 1.82) is 0 Å². The molecule has 0 spiro atoms. The van der Waals surface area contributed by atoms with Crippen molar-refractivity contribution >= 4 is 11.7 Å². The van der Waals surface area contributed by atoms with E-state index in [0.717, 1.165) is 31.6 Å². The normalized spacial score (nSPS) is 17.7. The number of amides is 2. The molecular weight excluding hydrogens is 316 g/mol. The fraction of sp³-hybridized carbons (Fsp3) is 0.350. The van der Waals surface area contributed by atoms with Gasteiger partial charge < -0.3 is 20.1 Å². The van der Waals surface area contributed by atoms with Crippen molar-refractivity contribution in [3.63, 3.8) is 0 Å². The molecule has 2 aromatic carbocycles. The summed E-state index contributed by atoms with van der Waals surface area (Å²) in [5, 5.41) is 5.98. The summed E-state index contributed by atoms with van der Waals surface area (Å²) in [4.78, 5) is 12.5. The summed E-state index contributed by atoms with van der Waals surface area (Å²) >= 11 is 0. The Morgan fingerprint density at radius 3 is 2.80 bits per heavy atom. The number of rotatable bonds is 6. The average Bonchev–Trinajstić information content (AvgIpc) is 3.15. The van der Waals surface area contributed by atoms with Gasteiger partial charge in [-0.1, -0.05) is 36.4 Å². The van der Waals surface area contributed by atoms with Crippen molar-refractivity contribution in [2.45, 2.75) is 18.9 Å². The summed E-state index contributed by atoms with van der Waals surface area (Å²) in [5.41, 5.74) is 1.81. The van der Waals surface area contributed by atoms with Crippen LogP contribution in [0.15, 0.2) is 54.6 Å². The lowest BCUT2D eigenvalue weighted by Crippen LogP contribution is -2.33. The molecule has 0 radical (unpaired) electrons. The molecule has 1 aliphatic rings. The SMILES string of the molecule is COc1cccc(NC(=O)NC(CC2CCOC2)c2ccccc2)c1. The number of urea groups is 1. The zero-order valence-electron chi connectivity index (χ0n) is 14.4. The number of carbonyl (C=O) groups excluding carboxylic acids is 1. The second kappa shape index (κ2) is 8.53. The van der Waals surface area contributed by atoms with Crippen molar-refractivity contribution < 1.29 is 14.3 Å². The molecule has 1 heterocycles. The van der Waals surface area contributed by atoms with Crippen molar-refractivity contribution in [2.75, 3.05) is 25.6 Å². The number of carbonyl (C=O) groups is 1. The topological polar surface area (TPSA) is 59.6 Å². The van der Waals surface area contributed by atoms with E-state index in [0.29, 0.717) is 17.4 Å². The molecule has 1 saturated heterocycles. The number of ether oxygens (including phenoxy) is 2. The number of hydrogen-bond acceptors (Lipinski definition) is 3. The van der Waals surface area contributed by atoms with Crippen LogP contribution in [0.2, 0.25) is 0 Å². The Bertz CT molecular complexity index is 684. The minimum absolute atomic E-state index is 0.0430. The third kappa shape index (κ3) is 4.97. The lowest BCUT2D eigenvalue weighted by molar-refractivity contribution is 0.181. The molecule has 0 saturated carbocycles. The van der Waals surface area contributed by atoms with E-state index in [2.05, 4.69) is 10.6 Å². The molecule has 3 rings (SSSR count). The van der Waals surface area contributed by atoms with Gasteiger partial charge in [-0.05, 0) is 36.5 Å². The van der Waals surface area contributed by atoms with Crippen molar-refractivity contribution in [3.05, 3.63) is 60.2 Å². The predicted octanol–water partition coefficient (Wildman–Crippen LogP) is 3.98. The minimum Gasteiger partial charge on any atom is -0.497 e. The van der Waals surface area contributed by atoms with Crippen LogP contribution in [-0.4, -0.2) is 26.4 Å². The smallest absolute Gasteiger partial charge is 0.319 e. The van der Waals surface area contributed by atoms with Crippen LogP contribution in [0.4, 0.5) is 10.5 Å². The lowest BCUT2D eigenvalue weighted by atomic mass is 9.94. The number of benzene rings is 2. The molecule has 0 bridgehead atoms. The highest BCUT2D eigenvalue weighted by molar-refractivity contribution is 5.89. The highest BCUT2D eigenvalue weighted by Crippen LogP contribution is 2.26. The van der Waals surface area contributed by atoms with Crippen LogP contribution in [0.1, 0.15) is 24.4 Å². The van der Waals surface area contributed by atoms with Gasteiger partial charge in [0.05, 0.1) is 13.2 Å². The third-order valence-corrected chi connectivity index (χ3v) is 4.43. The molecule has 25 heavy (non-hydrogen) atoms. The highest BCUT2D eigenvalue weighted by atomic mass is 16.5. The quantitative estimate of drug-likeness (QED) is 0.836. The standard InChI is InChI=1S/C20H24N2O3/c1-24-18-9-5-8-17(13-18)21-20(23)22-19(12-15-10-11-25-14-15)16-6-3-2-4-7-16/h2-9,13,15,19H,10-12,14H2,1H3,(H2,21,22,23). The zero-order valence-corrected chi connectivity index (χ0v) is 14.4. The summed E-state index contributed by atoms with van der Waals surface area (Å²) in [7, 11) is 1.61. The van der Waals surface area contributed by atoms with Gasteiger partial charge in [0.15, 0.2) is 0 Å². The minimum atomic E-state index is -0.221. The maximum absolute atomic E-state index is 12.5. The molecular formula is C20H24N2O3. The second-order valence-corrected chi connectivity index (χ2v) is 6.26. The molecule has 2 amide bonds. The lowest BCUT2D eigenvalue weighted by Gasteiger charge is -2.22. The molecule has 0 aromatic heterocycles. The molecule has 2 N–H and O–H groups in total. The Labute approximate surface area is 148 Å². The van der Waals surface area contributed by atoms with Crippen LogP contribution in [0.3, 0.4) is 0 Å². The first-order chi connectivity index (χ1) is 12.2. The fourth-order valence-corrected chi connectivity index (χ4v) is 3.09.